The molecule has 1 amide bonds. The Bertz CT molecular complexity index is 758. The predicted molar refractivity (Wildman–Crippen MR) is 82.3 cm³/mol. The highest BCUT2D eigenvalue weighted by Crippen LogP contribution is 2.24. The zero-order valence-corrected chi connectivity index (χ0v) is 13.0. The van der Waals surface area contributed by atoms with Crippen LogP contribution in [0.15, 0.2) is 12.1 Å². The average Bonchev–Trinajstić information content (AvgIpc) is 3.06. The van der Waals surface area contributed by atoms with E-state index in [4.69, 9.17) is 12.2 Å². The molecule has 0 spiro atoms. The van der Waals surface area contributed by atoms with Crippen molar-refractivity contribution in [2.45, 2.75) is 32.7 Å². The van der Waals surface area contributed by atoms with Crippen LogP contribution in [0.2, 0.25) is 0 Å². The van der Waals surface area contributed by atoms with E-state index in [1.165, 1.54) is 6.07 Å². The number of hydrogen-bond acceptors (Lipinski definition) is 2. The molecule has 1 saturated heterocycles. The molecule has 2 heterocycles. The van der Waals surface area contributed by atoms with E-state index in [2.05, 4.69) is 4.98 Å². The molecule has 1 aliphatic rings. The number of nitrogens with one attached hydrogen (secondary N) is 1. The Labute approximate surface area is 127 Å². The molecule has 1 unspecified atom stereocenters. The van der Waals surface area contributed by atoms with Crippen LogP contribution in [-0.4, -0.2) is 33.4 Å². The minimum atomic E-state index is -0.380. The first-order valence-electron chi connectivity index (χ1n) is 7.18. The van der Waals surface area contributed by atoms with Crippen LogP contribution < -0.4 is 0 Å². The number of benzene rings is 1. The first kappa shape index (κ1) is 14.3. The summed E-state index contributed by atoms with van der Waals surface area (Å²) in [4.78, 5) is 17.4. The molecular formula is C15H18FN3OS. The molecular weight excluding hydrogens is 289 g/mol. The number of fused-ring (bicyclic) bond motifs is 1. The van der Waals surface area contributed by atoms with Crippen LogP contribution in [0.3, 0.4) is 0 Å². The molecule has 6 heteroatoms. The second-order valence-corrected chi connectivity index (χ2v) is 6.01. The van der Waals surface area contributed by atoms with Gasteiger partial charge >= 0.3 is 0 Å². The van der Waals surface area contributed by atoms with Gasteiger partial charge in [-0.2, -0.15) is 0 Å². The minimum Gasteiger partial charge on any atom is -0.341 e. The summed E-state index contributed by atoms with van der Waals surface area (Å²) in [6.45, 7) is 5.18. The van der Waals surface area contributed by atoms with Crippen molar-refractivity contribution in [3.63, 3.8) is 0 Å². The van der Waals surface area contributed by atoms with E-state index in [0.29, 0.717) is 15.9 Å². The maximum atomic E-state index is 13.7. The first-order valence-corrected chi connectivity index (χ1v) is 7.59. The van der Waals surface area contributed by atoms with E-state index >= 15 is 0 Å². The quantitative estimate of drug-likeness (QED) is 0.865. The van der Waals surface area contributed by atoms with Crippen LogP contribution in [0.25, 0.3) is 11.0 Å². The second kappa shape index (κ2) is 5.26. The fourth-order valence-electron chi connectivity index (χ4n) is 2.95. The van der Waals surface area contributed by atoms with Gasteiger partial charge in [-0.05, 0) is 56.6 Å². The molecule has 112 valence electrons. The normalized spacial score (nSPS) is 16.6. The van der Waals surface area contributed by atoms with Gasteiger partial charge in [0.15, 0.2) is 4.77 Å². The highest BCUT2D eigenvalue weighted by molar-refractivity contribution is 7.71. The summed E-state index contributed by atoms with van der Waals surface area (Å²) in [7, 11) is 0. The number of imidazole rings is 1. The lowest BCUT2D eigenvalue weighted by Crippen LogP contribution is -2.34. The molecule has 1 aromatic heterocycles. The third-order valence-corrected chi connectivity index (χ3v) is 4.46. The van der Waals surface area contributed by atoms with Gasteiger partial charge in [0.1, 0.15) is 11.9 Å². The summed E-state index contributed by atoms with van der Waals surface area (Å²) < 4.78 is 15.9. The van der Waals surface area contributed by atoms with Gasteiger partial charge < -0.3 is 14.5 Å². The fourth-order valence-corrected chi connectivity index (χ4v) is 3.31. The van der Waals surface area contributed by atoms with Gasteiger partial charge in [-0.1, -0.05) is 0 Å². The summed E-state index contributed by atoms with van der Waals surface area (Å²) in [5, 5.41) is 0. The molecule has 4 nitrogen and oxygen atoms in total. The van der Waals surface area contributed by atoms with Gasteiger partial charge in [-0.25, -0.2) is 4.39 Å². The number of carbonyl (C=O) groups excluding carboxylic acids is 1. The highest BCUT2D eigenvalue weighted by Gasteiger charge is 2.26. The Morgan fingerprint density at radius 1 is 1.38 bits per heavy atom. The highest BCUT2D eigenvalue weighted by atomic mass is 32.1. The number of hydrogen-bond donors (Lipinski definition) is 1. The van der Waals surface area contributed by atoms with E-state index < -0.39 is 0 Å². The second-order valence-electron chi connectivity index (χ2n) is 5.63. The van der Waals surface area contributed by atoms with Gasteiger partial charge in [0, 0.05) is 13.1 Å². The molecule has 0 saturated carbocycles. The van der Waals surface area contributed by atoms with Crippen molar-refractivity contribution in [1.82, 2.24) is 14.5 Å². The van der Waals surface area contributed by atoms with Gasteiger partial charge in [-0.3, -0.25) is 4.79 Å². The summed E-state index contributed by atoms with van der Waals surface area (Å²) >= 11 is 5.32. The molecule has 21 heavy (non-hydrogen) atoms. The molecule has 0 aliphatic carbocycles. The van der Waals surface area contributed by atoms with Crippen LogP contribution in [0, 0.1) is 17.5 Å². The van der Waals surface area contributed by atoms with Crippen molar-refractivity contribution in [3.05, 3.63) is 28.3 Å². The molecule has 1 aromatic carbocycles. The first-order chi connectivity index (χ1) is 9.99. The lowest BCUT2D eigenvalue weighted by molar-refractivity contribution is -0.133. The maximum Gasteiger partial charge on any atom is 0.245 e. The topological polar surface area (TPSA) is 41.0 Å². The third-order valence-electron chi connectivity index (χ3n) is 4.16. The Hall–Kier alpha value is -1.69. The van der Waals surface area contributed by atoms with Crippen LogP contribution >= 0.6 is 12.2 Å². The Balaban J connectivity index is 2.06. The van der Waals surface area contributed by atoms with E-state index in [0.717, 1.165) is 31.4 Å². The number of aromatic amines is 1. The predicted octanol–water partition coefficient (Wildman–Crippen LogP) is 3.33. The SMILES string of the molecule is Cc1cc2c(cc1F)[nH]c(=S)n2C(C)C(=O)N1CCCC1. The van der Waals surface area contributed by atoms with Crippen LogP contribution in [0.5, 0.6) is 0 Å². The maximum absolute atomic E-state index is 13.7. The molecule has 1 atom stereocenters. The van der Waals surface area contributed by atoms with E-state index in [-0.39, 0.29) is 17.8 Å². The fraction of sp³-hybridized carbons (Fsp3) is 0.467. The van der Waals surface area contributed by atoms with E-state index in [1.807, 2.05) is 11.8 Å². The molecule has 1 aliphatic heterocycles. The number of carbonyl (C=O) groups is 1. The standard InChI is InChI=1S/C15H18FN3OS/c1-9-7-13-12(8-11(9)16)17-15(21)19(13)10(2)14(20)18-5-3-4-6-18/h7-8,10H,3-6H2,1-2H3,(H,17,21). The van der Waals surface area contributed by atoms with Crippen LogP contribution in [0.1, 0.15) is 31.4 Å². The summed E-state index contributed by atoms with van der Waals surface area (Å²) in [5.41, 5.74) is 1.95. The lowest BCUT2D eigenvalue weighted by atomic mass is 10.2. The number of amides is 1. The Kier molecular flexibility index (Phi) is 3.57. The van der Waals surface area contributed by atoms with Crippen molar-refractivity contribution >= 4 is 29.2 Å². The van der Waals surface area contributed by atoms with Gasteiger partial charge in [0.2, 0.25) is 5.91 Å². The molecule has 1 N–H and O–H groups in total. The average molecular weight is 307 g/mol. The van der Waals surface area contributed by atoms with E-state index in [1.54, 1.807) is 17.6 Å². The molecule has 0 bridgehead atoms. The molecule has 1 fully saturated rings. The Morgan fingerprint density at radius 2 is 2.05 bits per heavy atom. The number of aromatic nitrogens is 2. The largest absolute Gasteiger partial charge is 0.341 e. The van der Waals surface area contributed by atoms with Crippen molar-refractivity contribution < 1.29 is 9.18 Å². The summed E-state index contributed by atoms with van der Waals surface area (Å²) in [6.07, 6.45) is 2.12. The third kappa shape index (κ3) is 2.37. The molecule has 3 rings (SSSR count). The van der Waals surface area contributed by atoms with E-state index in [9.17, 15) is 9.18 Å². The van der Waals surface area contributed by atoms with Gasteiger partial charge in [-0.15, -0.1) is 0 Å². The van der Waals surface area contributed by atoms with Crippen molar-refractivity contribution in [2.24, 2.45) is 0 Å². The van der Waals surface area contributed by atoms with Gasteiger partial charge in [0.05, 0.1) is 11.0 Å². The zero-order valence-electron chi connectivity index (χ0n) is 12.1. The van der Waals surface area contributed by atoms with Crippen LogP contribution in [0.4, 0.5) is 4.39 Å². The lowest BCUT2D eigenvalue weighted by Gasteiger charge is -2.21. The number of rotatable bonds is 2. The van der Waals surface area contributed by atoms with Crippen LogP contribution in [-0.2, 0) is 4.79 Å². The van der Waals surface area contributed by atoms with Gasteiger partial charge in [0.25, 0.3) is 0 Å². The number of nitrogens with zero attached hydrogens (tertiary/aromatic N) is 2. The van der Waals surface area contributed by atoms with Crippen molar-refractivity contribution in [1.29, 1.82) is 0 Å². The molecule has 0 radical (unpaired) electrons. The minimum absolute atomic E-state index is 0.0754. The number of halogens is 1. The zero-order chi connectivity index (χ0) is 15.1. The Morgan fingerprint density at radius 3 is 2.71 bits per heavy atom. The van der Waals surface area contributed by atoms with Crippen molar-refractivity contribution in [3.8, 4) is 0 Å². The number of likely N-dealkylation sites (tertiary alicyclic amines) is 1. The smallest absolute Gasteiger partial charge is 0.245 e. The van der Waals surface area contributed by atoms with Crippen molar-refractivity contribution in [2.75, 3.05) is 13.1 Å². The number of H-pyrrole nitrogens is 1. The summed E-state index contributed by atoms with van der Waals surface area (Å²) in [5.74, 6) is -0.198. The number of aryl methyl sites for hydroxylation is 1. The molecule has 2 aromatic rings. The summed E-state index contributed by atoms with van der Waals surface area (Å²) in [6, 6.07) is 2.79. The monoisotopic (exact) mass is 307 g/mol.